The summed E-state index contributed by atoms with van der Waals surface area (Å²) in [4.78, 5) is 26.5. The van der Waals surface area contributed by atoms with Crippen molar-refractivity contribution in [3.05, 3.63) is 34.2 Å². The van der Waals surface area contributed by atoms with Gasteiger partial charge in [-0.2, -0.15) is 0 Å². The van der Waals surface area contributed by atoms with Gasteiger partial charge in [-0.1, -0.05) is 12.1 Å². The molecule has 1 amide bonds. The monoisotopic (exact) mass is 293 g/mol. The van der Waals surface area contributed by atoms with E-state index < -0.39 is 18.2 Å². The van der Waals surface area contributed by atoms with Crippen LogP contribution in [-0.4, -0.2) is 44.9 Å². The molecule has 21 heavy (non-hydrogen) atoms. The standard InChI is InChI=1S/C14H16FN3O3/c1-17-12-9(3-2-4-11(12)16-13(17)19)8-5-6-18(14(20)21)7-10(8)15/h2-4,8,10H,5-7H2,1H3,(H,16,19)(H,20,21)/t8-,10+/m0/s1. The molecule has 0 bridgehead atoms. The summed E-state index contributed by atoms with van der Waals surface area (Å²) in [7, 11) is 1.64. The normalized spacial score (nSPS) is 22.7. The molecule has 6 nitrogen and oxygen atoms in total. The van der Waals surface area contributed by atoms with Crippen LogP contribution in [0.5, 0.6) is 0 Å². The summed E-state index contributed by atoms with van der Waals surface area (Å²) in [5, 5.41) is 8.94. The van der Waals surface area contributed by atoms with Crippen molar-refractivity contribution in [1.29, 1.82) is 0 Å². The molecule has 2 aromatic rings. The maximum absolute atomic E-state index is 14.4. The number of carboxylic acid groups (broad SMARTS) is 1. The van der Waals surface area contributed by atoms with Crippen molar-refractivity contribution in [3.8, 4) is 0 Å². The summed E-state index contributed by atoms with van der Waals surface area (Å²) in [5.41, 5.74) is 1.88. The molecule has 1 aliphatic rings. The van der Waals surface area contributed by atoms with Crippen molar-refractivity contribution in [2.24, 2.45) is 7.05 Å². The van der Waals surface area contributed by atoms with Crippen LogP contribution in [0.3, 0.4) is 0 Å². The lowest BCUT2D eigenvalue weighted by Gasteiger charge is -2.33. The van der Waals surface area contributed by atoms with Crippen LogP contribution in [0.15, 0.2) is 23.0 Å². The van der Waals surface area contributed by atoms with Gasteiger partial charge in [-0.25, -0.2) is 14.0 Å². The van der Waals surface area contributed by atoms with E-state index in [4.69, 9.17) is 5.11 Å². The molecule has 0 saturated carbocycles. The second-order valence-corrected chi connectivity index (χ2v) is 5.37. The van der Waals surface area contributed by atoms with Gasteiger partial charge in [0.2, 0.25) is 0 Å². The summed E-state index contributed by atoms with van der Waals surface area (Å²) in [5.74, 6) is -0.398. The predicted octanol–water partition coefficient (Wildman–Crippen LogP) is 1.67. The first-order chi connectivity index (χ1) is 9.99. The maximum atomic E-state index is 14.4. The van der Waals surface area contributed by atoms with Gasteiger partial charge >= 0.3 is 11.8 Å². The van der Waals surface area contributed by atoms with Crippen molar-refractivity contribution >= 4 is 17.1 Å². The smallest absolute Gasteiger partial charge is 0.407 e. The van der Waals surface area contributed by atoms with Gasteiger partial charge in [-0.3, -0.25) is 4.57 Å². The molecule has 0 radical (unpaired) electrons. The van der Waals surface area contributed by atoms with Gasteiger partial charge in [0.05, 0.1) is 17.6 Å². The number of aromatic amines is 1. The van der Waals surface area contributed by atoms with E-state index in [-0.39, 0.29) is 12.2 Å². The molecule has 0 unspecified atom stereocenters. The third kappa shape index (κ3) is 2.18. The minimum Gasteiger partial charge on any atom is -0.465 e. The van der Waals surface area contributed by atoms with Crippen LogP contribution >= 0.6 is 0 Å². The zero-order valence-corrected chi connectivity index (χ0v) is 11.5. The number of rotatable bonds is 1. The Morgan fingerprint density at radius 2 is 2.24 bits per heavy atom. The molecule has 3 rings (SSSR count). The van der Waals surface area contributed by atoms with Crippen LogP contribution in [0.2, 0.25) is 0 Å². The lowest BCUT2D eigenvalue weighted by atomic mass is 9.87. The maximum Gasteiger partial charge on any atom is 0.407 e. The molecule has 1 aromatic heterocycles. The van der Waals surface area contributed by atoms with Gasteiger partial charge < -0.3 is 15.0 Å². The summed E-state index contributed by atoms with van der Waals surface area (Å²) in [6.45, 7) is 0.171. The number of piperidine rings is 1. The van der Waals surface area contributed by atoms with Gasteiger partial charge in [0.15, 0.2) is 0 Å². The van der Waals surface area contributed by atoms with E-state index in [1.54, 1.807) is 19.2 Å². The van der Waals surface area contributed by atoms with E-state index in [0.29, 0.717) is 24.0 Å². The predicted molar refractivity (Wildman–Crippen MR) is 75.4 cm³/mol. The highest BCUT2D eigenvalue weighted by atomic mass is 19.1. The van der Waals surface area contributed by atoms with Gasteiger partial charge in [0.25, 0.3) is 0 Å². The second kappa shape index (κ2) is 4.91. The molecule has 112 valence electrons. The van der Waals surface area contributed by atoms with Crippen LogP contribution in [0.25, 0.3) is 11.0 Å². The lowest BCUT2D eigenvalue weighted by molar-refractivity contribution is 0.0965. The number of halogens is 1. The number of H-pyrrole nitrogens is 1. The van der Waals surface area contributed by atoms with Gasteiger partial charge in [-0.15, -0.1) is 0 Å². The Balaban J connectivity index is 2.02. The summed E-state index contributed by atoms with van der Waals surface area (Å²) in [6.07, 6.45) is -1.96. The molecule has 2 heterocycles. The van der Waals surface area contributed by atoms with Crippen LogP contribution in [0.1, 0.15) is 17.9 Å². The average molecular weight is 293 g/mol. The van der Waals surface area contributed by atoms with E-state index in [9.17, 15) is 14.0 Å². The molecule has 1 saturated heterocycles. The second-order valence-electron chi connectivity index (χ2n) is 5.37. The number of hydrogen-bond donors (Lipinski definition) is 2. The Kier molecular flexibility index (Phi) is 3.19. The number of carbonyl (C=O) groups is 1. The lowest BCUT2D eigenvalue weighted by Crippen LogP contribution is -2.43. The zero-order valence-electron chi connectivity index (χ0n) is 11.5. The summed E-state index contributed by atoms with van der Waals surface area (Å²) < 4.78 is 15.9. The molecule has 2 atom stereocenters. The fraction of sp³-hybridized carbons (Fsp3) is 0.429. The highest BCUT2D eigenvalue weighted by molar-refractivity contribution is 5.79. The van der Waals surface area contributed by atoms with Gasteiger partial charge in [0, 0.05) is 19.5 Å². The average Bonchev–Trinajstić information content (AvgIpc) is 2.74. The van der Waals surface area contributed by atoms with Crippen LogP contribution in [0.4, 0.5) is 9.18 Å². The number of amides is 1. The number of nitrogens with one attached hydrogen (secondary N) is 1. The van der Waals surface area contributed by atoms with Crippen molar-refractivity contribution in [2.45, 2.75) is 18.5 Å². The van der Waals surface area contributed by atoms with Crippen LogP contribution < -0.4 is 5.69 Å². The minimum atomic E-state index is -1.27. The van der Waals surface area contributed by atoms with E-state index in [1.165, 1.54) is 4.57 Å². The van der Waals surface area contributed by atoms with Gasteiger partial charge in [0.1, 0.15) is 6.17 Å². The number of likely N-dealkylation sites (tertiary alicyclic amines) is 1. The zero-order chi connectivity index (χ0) is 15.1. The van der Waals surface area contributed by atoms with Crippen molar-refractivity contribution in [1.82, 2.24) is 14.5 Å². The van der Waals surface area contributed by atoms with Crippen molar-refractivity contribution < 1.29 is 14.3 Å². The number of fused-ring (bicyclic) bond motifs is 1. The molecule has 1 aliphatic heterocycles. The number of alkyl halides is 1. The SMILES string of the molecule is Cn1c(=O)[nH]c2cccc([C@@H]3CCN(C(=O)O)C[C@H]3F)c21. The number of hydrogen-bond acceptors (Lipinski definition) is 2. The Bertz CT molecular complexity index is 751. The van der Waals surface area contributed by atoms with Crippen LogP contribution in [-0.2, 0) is 7.05 Å². The summed E-state index contributed by atoms with van der Waals surface area (Å²) >= 11 is 0. The van der Waals surface area contributed by atoms with E-state index in [0.717, 1.165) is 10.5 Å². The third-order valence-electron chi connectivity index (χ3n) is 4.16. The van der Waals surface area contributed by atoms with Crippen LogP contribution in [0, 0.1) is 0 Å². The summed E-state index contributed by atoms with van der Waals surface area (Å²) in [6, 6.07) is 5.37. The molecule has 7 heteroatoms. The Morgan fingerprint density at radius 1 is 1.48 bits per heavy atom. The Labute approximate surface area is 119 Å². The molecule has 1 aromatic carbocycles. The van der Waals surface area contributed by atoms with Crippen molar-refractivity contribution in [2.75, 3.05) is 13.1 Å². The first-order valence-electron chi connectivity index (χ1n) is 6.78. The molecular weight excluding hydrogens is 277 g/mol. The first-order valence-corrected chi connectivity index (χ1v) is 6.78. The van der Waals surface area contributed by atoms with Crippen molar-refractivity contribution in [3.63, 3.8) is 0 Å². The highest BCUT2D eigenvalue weighted by Crippen LogP contribution is 2.34. The largest absolute Gasteiger partial charge is 0.465 e. The number of aromatic nitrogens is 2. The number of aryl methyl sites for hydroxylation is 1. The minimum absolute atomic E-state index is 0.130. The quantitative estimate of drug-likeness (QED) is 0.839. The number of imidazole rings is 1. The molecular formula is C14H16FN3O3. The third-order valence-corrected chi connectivity index (χ3v) is 4.16. The van der Waals surface area contributed by atoms with E-state index >= 15 is 0 Å². The Morgan fingerprint density at radius 3 is 2.90 bits per heavy atom. The molecule has 0 aliphatic carbocycles. The molecule has 2 N–H and O–H groups in total. The molecule has 0 spiro atoms. The van der Waals surface area contributed by atoms with Gasteiger partial charge in [-0.05, 0) is 18.1 Å². The van der Waals surface area contributed by atoms with E-state index in [1.807, 2.05) is 6.07 Å². The Hall–Kier alpha value is -2.31. The molecule has 1 fully saturated rings. The fourth-order valence-corrected chi connectivity index (χ4v) is 3.07. The first kappa shape index (κ1) is 13.7. The fourth-order valence-electron chi connectivity index (χ4n) is 3.07. The van der Waals surface area contributed by atoms with E-state index in [2.05, 4.69) is 4.98 Å². The number of benzene rings is 1. The topological polar surface area (TPSA) is 78.3 Å². The highest BCUT2D eigenvalue weighted by Gasteiger charge is 2.33. The number of nitrogens with zero attached hydrogens (tertiary/aromatic N) is 2. The number of para-hydroxylation sites is 1.